The third kappa shape index (κ3) is 10.2. The van der Waals surface area contributed by atoms with Gasteiger partial charge in [-0.05, 0) is 48.5 Å². The van der Waals surface area contributed by atoms with E-state index in [0.717, 1.165) is 89.1 Å². The van der Waals surface area contributed by atoms with Crippen molar-refractivity contribution in [1.82, 2.24) is 60.3 Å². The van der Waals surface area contributed by atoms with E-state index in [1.54, 1.807) is 0 Å². The number of halogens is 4. The van der Waals surface area contributed by atoms with E-state index in [0.29, 0.717) is 22.4 Å². The molecule has 6 aromatic heterocycles. The number of hydrogen-bond donors (Lipinski definition) is 5. The van der Waals surface area contributed by atoms with Crippen LogP contribution in [-0.2, 0) is 31.5 Å². The molecule has 21 heteroatoms. The predicted octanol–water partition coefficient (Wildman–Crippen LogP) is 6.66. The maximum Gasteiger partial charge on any atom is 0.272 e. The van der Waals surface area contributed by atoms with E-state index in [2.05, 4.69) is 60.3 Å². The number of thiazole rings is 2. The average molecular weight is 958 g/mol. The third-order valence-corrected chi connectivity index (χ3v) is 13.9. The van der Waals surface area contributed by atoms with Crippen LogP contribution >= 0.6 is 45.9 Å². The molecule has 0 aliphatic carbocycles. The van der Waals surface area contributed by atoms with Crippen LogP contribution in [0.5, 0.6) is 0 Å². The standard InChI is InChI=1S/C22H20ClFN6O2S.C22H20ClFN6OS/c23-19-18(20(31)26-10-16-13(24)4-3-8-25-16)29-21(33-19)22(32)11-30(12-22)9-7-17-27-14-5-1-2-6-15(14)28-17;23-20-19(21(31)26-10-17-14(24)4-3-8-25-17)29-22(32-20)13-11-30(12-13)9-7-18-27-15-5-1-2-6-16(15)28-18/h1-6,8,32H,7,9-12H2,(H,26,31)(H,27,28);1-6,8,13H,7,9-12H2,(H,26,31)(H,27,28). The fourth-order valence-electron chi connectivity index (χ4n) is 7.54. The van der Waals surface area contributed by atoms with E-state index in [1.165, 1.54) is 48.0 Å². The number of aromatic nitrogens is 8. The van der Waals surface area contributed by atoms with Crippen LogP contribution in [-0.4, -0.2) is 106 Å². The number of aliphatic hydroxyl groups is 1. The minimum atomic E-state index is -1.16. The number of hydrogen-bond acceptors (Lipinski definition) is 13. The molecule has 2 aromatic carbocycles. The van der Waals surface area contributed by atoms with Crippen molar-refractivity contribution < 1.29 is 23.5 Å². The zero-order chi connectivity index (χ0) is 45.1. The lowest BCUT2D eigenvalue weighted by molar-refractivity contribution is -0.103. The first-order valence-corrected chi connectivity index (χ1v) is 23.0. The van der Waals surface area contributed by atoms with Crippen LogP contribution in [0.1, 0.15) is 59.9 Å². The molecule has 8 aromatic rings. The average Bonchev–Trinajstić information content (AvgIpc) is 4.08. The fraction of sp³-hybridized carbons (Fsp3) is 0.273. The highest BCUT2D eigenvalue weighted by atomic mass is 35.5. The highest BCUT2D eigenvalue weighted by Crippen LogP contribution is 2.38. The first-order chi connectivity index (χ1) is 31.5. The van der Waals surface area contributed by atoms with E-state index in [-0.39, 0.29) is 46.1 Å². The molecule has 2 aliphatic heterocycles. The van der Waals surface area contributed by atoms with Gasteiger partial charge in [-0.3, -0.25) is 24.5 Å². The number of para-hydroxylation sites is 4. The summed E-state index contributed by atoms with van der Waals surface area (Å²) in [6.07, 6.45) is 4.50. The number of pyridine rings is 2. The zero-order valence-electron chi connectivity index (χ0n) is 34.4. The Bertz CT molecular complexity index is 2920. The quantitative estimate of drug-likeness (QED) is 0.0783. The lowest BCUT2D eigenvalue weighted by atomic mass is 9.95. The smallest absolute Gasteiger partial charge is 0.272 e. The van der Waals surface area contributed by atoms with E-state index in [4.69, 9.17) is 23.2 Å². The summed E-state index contributed by atoms with van der Waals surface area (Å²) >= 11 is 14.9. The molecule has 0 spiro atoms. The summed E-state index contributed by atoms with van der Waals surface area (Å²) in [4.78, 5) is 61.8. The molecule has 10 rings (SSSR count). The summed E-state index contributed by atoms with van der Waals surface area (Å²) in [5.41, 5.74) is 3.31. The molecule has 0 radical (unpaired) electrons. The van der Waals surface area contributed by atoms with Crippen molar-refractivity contribution in [1.29, 1.82) is 0 Å². The SMILES string of the molecule is O=C(NCc1ncccc1F)c1nc(C2(O)CN(CCc3nc4ccccc4[nH]3)C2)sc1Cl.O=C(NCc1ncccc1F)c1nc(C2CN(CCc3nc4ccccc4[nH]3)C2)sc1Cl. The fourth-order valence-corrected chi connectivity index (χ4v) is 9.98. The number of nitrogens with one attached hydrogen (secondary N) is 4. The molecule has 2 saturated heterocycles. The van der Waals surface area contributed by atoms with Crippen molar-refractivity contribution in [3.05, 3.63) is 150 Å². The lowest BCUT2D eigenvalue weighted by Crippen LogP contribution is -2.59. The minimum absolute atomic E-state index is 0.0159. The molecule has 0 atom stereocenters. The maximum atomic E-state index is 13.7. The van der Waals surface area contributed by atoms with E-state index in [1.807, 2.05) is 48.5 Å². The lowest BCUT2D eigenvalue weighted by Gasteiger charge is -2.45. The summed E-state index contributed by atoms with van der Waals surface area (Å²) < 4.78 is 27.9. The highest BCUT2D eigenvalue weighted by Gasteiger charge is 2.45. The van der Waals surface area contributed by atoms with Crippen LogP contribution in [0.25, 0.3) is 22.1 Å². The van der Waals surface area contributed by atoms with Gasteiger partial charge in [-0.1, -0.05) is 47.5 Å². The van der Waals surface area contributed by atoms with E-state index < -0.39 is 29.0 Å². The molecular formula is C44H40Cl2F2N12O3S2. The van der Waals surface area contributed by atoms with E-state index >= 15 is 0 Å². The molecule has 5 N–H and O–H groups in total. The predicted molar refractivity (Wildman–Crippen MR) is 244 cm³/mol. The summed E-state index contributed by atoms with van der Waals surface area (Å²) in [6, 6.07) is 21.4. The number of nitrogens with zero attached hydrogens (tertiary/aromatic N) is 8. The topological polar surface area (TPSA) is 194 Å². The Morgan fingerprint density at radius 3 is 1.75 bits per heavy atom. The van der Waals surface area contributed by atoms with Crippen molar-refractivity contribution in [2.75, 3.05) is 39.3 Å². The minimum Gasteiger partial charge on any atom is -0.380 e. The van der Waals surface area contributed by atoms with Gasteiger partial charge in [0.1, 0.15) is 47.6 Å². The molecular weight excluding hydrogens is 918 g/mol. The number of fused-ring (bicyclic) bond motifs is 2. The van der Waals surface area contributed by atoms with E-state index in [9.17, 15) is 23.5 Å². The number of imidazole rings is 2. The number of carbonyl (C=O) groups excluding carboxylic acids is 2. The van der Waals surface area contributed by atoms with Gasteiger partial charge in [0.15, 0.2) is 11.4 Å². The number of rotatable bonds is 14. The molecule has 2 aliphatic rings. The Labute approximate surface area is 388 Å². The van der Waals surface area contributed by atoms with Gasteiger partial charge in [0, 0.05) is 70.4 Å². The first kappa shape index (κ1) is 44.4. The van der Waals surface area contributed by atoms with Crippen molar-refractivity contribution >= 4 is 79.8 Å². The Balaban J connectivity index is 0.000000164. The van der Waals surface area contributed by atoms with Gasteiger partial charge < -0.3 is 30.6 Å². The second-order valence-corrected chi connectivity index (χ2v) is 18.9. The molecule has 15 nitrogen and oxygen atoms in total. The van der Waals surface area contributed by atoms with Crippen LogP contribution in [0.3, 0.4) is 0 Å². The molecule has 0 bridgehead atoms. The van der Waals surface area contributed by atoms with Gasteiger partial charge in [0.05, 0.1) is 46.5 Å². The Morgan fingerprint density at radius 2 is 1.22 bits per heavy atom. The third-order valence-electron chi connectivity index (χ3n) is 11.0. The number of H-pyrrole nitrogens is 2. The number of β-amino-alcohol motifs (C(OH)–C–C–N with tert-alkyl or cyclic N) is 1. The molecule has 334 valence electrons. The summed E-state index contributed by atoms with van der Waals surface area (Å²) in [5.74, 6) is 0.190. The van der Waals surface area contributed by atoms with Gasteiger partial charge in [0.2, 0.25) is 0 Å². The number of benzene rings is 2. The monoisotopic (exact) mass is 956 g/mol. The van der Waals surface area contributed by atoms with Crippen molar-refractivity contribution in [3.8, 4) is 0 Å². The maximum absolute atomic E-state index is 13.7. The number of carbonyl (C=O) groups is 2. The molecule has 2 amide bonds. The second-order valence-electron chi connectivity index (χ2n) is 15.6. The van der Waals surface area contributed by atoms with Crippen LogP contribution < -0.4 is 10.6 Å². The number of amides is 2. The zero-order valence-corrected chi connectivity index (χ0v) is 37.5. The van der Waals surface area contributed by atoms with Gasteiger partial charge in [-0.2, -0.15) is 0 Å². The summed E-state index contributed by atoms with van der Waals surface area (Å²) in [5, 5.41) is 17.4. The van der Waals surface area contributed by atoms with Crippen molar-refractivity contribution in [3.63, 3.8) is 0 Å². The van der Waals surface area contributed by atoms with Gasteiger partial charge in [-0.15, -0.1) is 22.7 Å². The Morgan fingerprint density at radius 1 is 0.708 bits per heavy atom. The van der Waals surface area contributed by atoms with Gasteiger partial charge >= 0.3 is 0 Å². The van der Waals surface area contributed by atoms with Gasteiger partial charge in [0.25, 0.3) is 11.8 Å². The Hall–Kier alpha value is -5.80. The second kappa shape index (κ2) is 19.4. The van der Waals surface area contributed by atoms with Crippen molar-refractivity contribution in [2.45, 2.75) is 37.5 Å². The van der Waals surface area contributed by atoms with Crippen LogP contribution in [0.4, 0.5) is 8.78 Å². The number of aromatic amines is 2. The van der Waals surface area contributed by atoms with Crippen molar-refractivity contribution in [2.24, 2.45) is 0 Å². The Kier molecular flexibility index (Phi) is 13.2. The summed E-state index contributed by atoms with van der Waals surface area (Å²) in [7, 11) is 0. The molecule has 0 unspecified atom stereocenters. The molecule has 0 saturated carbocycles. The highest BCUT2D eigenvalue weighted by molar-refractivity contribution is 7.16. The molecule has 2 fully saturated rings. The molecule has 65 heavy (non-hydrogen) atoms. The largest absolute Gasteiger partial charge is 0.380 e. The summed E-state index contributed by atoms with van der Waals surface area (Å²) in [6.45, 7) is 4.02. The normalized spacial score (nSPS) is 15.0. The number of likely N-dealkylation sites (tertiary alicyclic amines) is 2. The first-order valence-electron chi connectivity index (χ1n) is 20.6. The van der Waals surface area contributed by atoms with Crippen LogP contribution in [0.2, 0.25) is 8.67 Å². The van der Waals surface area contributed by atoms with Crippen LogP contribution in [0.15, 0.2) is 85.2 Å². The van der Waals surface area contributed by atoms with Gasteiger partial charge in [-0.25, -0.2) is 28.7 Å². The van der Waals surface area contributed by atoms with Crippen LogP contribution in [0, 0.1) is 11.6 Å². The molecule has 8 heterocycles.